The van der Waals surface area contributed by atoms with E-state index in [1.54, 1.807) is 32.9 Å². The summed E-state index contributed by atoms with van der Waals surface area (Å²) < 4.78 is 11.9. The number of carboxylic acids is 1. The molecule has 0 saturated heterocycles. The predicted octanol–water partition coefficient (Wildman–Crippen LogP) is 4.22. The Balaban J connectivity index is 2.01. The summed E-state index contributed by atoms with van der Waals surface area (Å²) in [5, 5.41) is 20.7. The Labute approximate surface area is 164 Å². The molecule has 0 saturated carbocycles. The highest BCUT2D eigenvalue weighted by Gasteiger charge is 2.25. The molecule has 0 amide bonds. The molecule has 0 atom stereocenters. The highest BCUT2D eigenvalue weighted by molar-refractivity contribution is 6.01. The van der Waals surface area contributed by atoms with Gasteiger partial charge in [0.1, 0.15) is 23.2 Å². The second-order valence-electron chi connectivity index (χ2n) is 7.08. The number of aromatic carboxylic acids is 1. The van der Waals surface area contributed by atoms with Crippen LogP contribution in [0.15, 0.2) is 42.6 Å². The zero-order valence-electron chi connectivity index (χ0n) is 15.8. The average Bonchev–Trinajstić information content (AvgIpc) is 3.00. The van der Waals surface area contributed by atoms with E-state index in [1.807, 2.05) is 0 Å². The Morgan fingerprint density at radius 3 is 2.45 bits per heavy atom. The number of fused-ring (bicyclic) bond motifs is 1. The largest absolute Gasteiger partial charge is 0.477 e. The molecule has 0 aliphatic heterocycles. The Morgan fingerprint density at radius 2 is 1.90 bits per heavy atom. The van der Waals surface area contributed by atoms with E-state index < -0.39 is 22.6 Å². The van der Waals surface area contributed by atoms with Crippen molar-refractivity contribution in [3.05, 3.63) is 58.4 Å². The molecular weight excluding hydrogens is 382 g/mol. The third-order valence-corrected chi connectivity index (χ3v) is 3.73. The molecule has 10 heteroatoms. The number of aromatic nitrogens is 2. The third kappa shape index (κ3) is 4.32. The summed E-state index contributed by atoms with van der Waals surface area (Å²) in [5.74, 6) is -0.922. The molecule has 29 heavy (non-hydrogen) atoms. The number of benzene rings is 1. The normalized spacial score (nSPS) is 11.3. The molecule has 1 aromatic carbocycles. The minimum atomic E-state index is -1.29. The smallest absolute Gasteiger partial charge is 0.419 e. The molecule has 0 bridgehead atoms. The first-order valence-corrected chi connectivity index (χ1v) is 8.45. The van der Waals surface area contributed by atoms with Gasteiger partial charge in [-0.25, -0.2) is 19.1 Å². The first kappa shape index (κ1) is 19.8. The average molecular weight is 399 g/mol. The molecule has 3 rings (SSSR count). The van der Waals surface area contributed by atoms with Crippen LogP contribution >= 0.6 is 0 Å². The maximum atomic E-state index is 12.6. The molecule has 0 aliphatic carbocycles. The number of nitrogens with zero attached hydrogens (tertiary/aromatic N) is 3. The second-order valence-corrected chi connectivity index (χ2v) is 7.08. The van der Waals surface area contributed by atoms with Gasteiger partial charge in [0, 0.05) is 23.6 Å². The summed E-state index contributed by atoms with van der Waals surface area (Å²) in [5.41, 5.74) is -0.978. The third-order valence-electron chi connectivity index (χ3n) is 3.73. The SMILES string of the molecule is CC(C)(C)OC(=O)n1c(C(=O)O)cc2ccc(Oc3ccc([N+](=O)[O-])cn3)cc21. The maximum absolute atomic E-state index is 12.6. The molecule has 3 aromatic rings. The zero-order chi connectivity index (χ0) is 21.3. The Hall–Kier alpha value is -3.95. The quantitative estimate of drug-likeness (QED) is 0.509. The Kier molecular flexibility index (Phi) is 4.93. The van der Waals surface area contributed by atoms with Crippen molar-refractivity contribution in [3.63, 3.8) is 0 Å². The van der Waals surface area contributed by atoms with Gasteiger partial charge in [0.15, 0.2) is 0 Å². The molecule has 0 unspecified atom stereocenters. The molecule has 0 fully saturated rings. The van der Waals surface area contributed by atoms with Crippen molar-refractivity contribution in [2.45, 2.75) is 26.4 Å². The summed E-state index contributed by atoms with van der Waals surface area (Å²) in [6, 6.07) is 8.55. The highest BCUT2D eigenvalue weighted by atomic mass is 16.6. The van der Waals surface area contributed by atoms with Crippen molar-refractivity contribution in [3.8, 4) is 11.6 Å². The summed E-state index contributed by atoms with van der Waals surface area (Å²) in [4.78, 5) is 38.2. The minimum absolute atomic E-state index is 0.101. The first-order valence-electron chi connectivity index (χ1n) is 8.45. The zero-order valence-corrected chi connectivity index (χ0v) is 15.8. The van der Waals surface area contributed by atoms with E-state index in [0.717, 1.165) is 10.8 Å². The molecular formula is C19H17N3O7. The lowest BCUT2D eigenvalue weighted by atomic mass is 10.2. The van der Waals surface area contributed by atoms with Gasteiger partial charge in [-0.2, -0.15) is 0 Å². The lowest BCUT2D eigenvalue weighted by molar-refractivity contribution is -0.385. The molecule has 1 N–H and O–H groups in total. The molecule has 2 aromatic heterocycles. The lowest BCUT2D eigenvalue weighted by Gasteiger charge is -2.20. The van der Waals surface area contributed by atoms with Gasteiger partial charge in [-0.1, -0.05) is 0 Å². The summed E-state index contributed by atoms with van der Waals surface area (Å²) in [7, 11) is 0. The van der Waals surface area contributed by atoms with E-state index in [0.29, 0.717) is 5.39 Å². The van der Waals surface area contributed by atoms with E-state index in [-0.39, 0.29) is 28.5 Å². The summed E-state index contributed by atoms with van der Waals surface area (Å²) in [6.45, 7) is 5.02. The van der Waals surface area contributed by atoms with Crippen LogP contribution in [0.4, 0.5) is 10.5 Å². The second kappa shape index (κ2) is 7.23. The maximum Gasteiger partial charge on any atom is 0.419 e. The van der Waals surface area contributed by atoms with Gasteiger partial charge in [-0.15, -0.1) is 0 Å². The lowest BCUT2D eigenvalue weighted by Crippen LogP contribution is -2.28. The highest BCUT2D eigenvalue weighted by Crippen LogP contribution is 2.28. The van der Waals surface area contributed by atoms with E-state index >= 15 is 0 Å². The van der Waals surface area contributed by atoms with Crippen LogP contribution in [-0.4, -0.2) is 37.2 Å². The predicted molar refractivity (Wildman–Crippen MR) is 101 cm³/mol. The van der Waals surface area contributed by atoms with Crippen molar-refractivity contribution in [1.29, 1.82) is 0 Å². The van der Waals surface area contributed by atoms with E-state index in [9.17, 15) is 24.8 Å². The van der Waals surface area contributed by atoms with Gasteiger partial charge in [0.25, 0.3) is 5.69 Å². The molecule has 2 heterocycles. The van der Waals surface area contributed by atoms with Crippen LogP contribution in [0, 0.1) is 10.1 Å². The van der Waals surface area contributed by atoms with Crippen LogP contribution in [-0.2, 0) is 4.74 Å². The van der Waals surface area contributed by atoms with Crippen LogP contribution in [0.2, 0.25) is 0 Å². The number of ether oxygens (including phenoxy) is 2. The van der Waals surface area contributed by atoms with Crippen LogP contribution in [0.5, 0.6) is 11.6 Å². The fraction of sp³-hybridized carbons (Fsp3) is 0.211. The topological polar surface area (TPSA) is 134 Å². The van der Waals surface area contributed by atoms with Crippen LogP contribution in [0.25, 0.3) is 10.9 Å². The fourth-order valence-corrected chi connectivity index (χ4v) is 2.57. The molecule has 0 spiro atoms. The fourth-order valence-electron chi connectivity index (χ4n) is 2.57. The van der Waals surface area contributed by atoms with Gasteiger partial charge < -0.3 is 14.6 Å². The standard InChI is InChI=1S/C19H17N3O7/c1-19(2,3)29-18(25)21-14-9-13(6-4-11(14)8-15(21)17(23)24)28-16-7-5-12(10-20-16)22(26)27/h4-10H,1-3H3,(H,23,24). The van der Waals surface area contributed by atoms with Crippen LogP contribution in [0.1, 0.15) is 31.3 Å². The van der Waals surface area contributed by atoms with E-state index in [4.69, 9.17) is 9.47 Å². The van der Waals surface area contributed by atoms with E-state index in [2.05, 4.69) is 4.98 Å². The van der Waals surface area contributed by atoms with Crippen molar-refractivity contribution in [1.82, 2.24) is 9.55 Å². The number of nitro groups is 1. The van der Waals surface area contributed by atoms with Gasteiger partial charge >= 0.3 is 12.1 Å². The first-order chi connectivity index (χ1) is 13.5. The van der Waals surface area contributed by atoms with E-state index in [1.165, 1.54) is 24.3 Å². The molecule has 10 nitrogen and oxygen atoms in total. The van der Waals surface area contributed by atoms with Crippen molar-refractivity contribution < 1.29 is 29.1 Å². The number of pyridine rings is 1. The Bertz CT molecular complexity index is 1110. The minimum Gasteiger partial charge on any atom is -0.477 e. The molecule has 0 radical (unpaired) electrons. The molecule has 0 aliphatic rings. The van der Waals surface area contributed by atoms with Gasteiger partial charge in [-0.05, 0) is 39.0 Å². The number of rotatable bonds is 4. The number of carbonyl (C=O) groups is 2. The van der Waals surface area contributed by atoms with Crippen molar-refractivity contribution >= 4 is 28.7 Å². The number of hydrogen-bond donors (Lipinski definition) is 1. The van der Waals surface area contributed by atoms with Gasteiger partial charge in [0.05, 0.1) is 10.4 Å². The van der Waals surface area contributed by atoms with Gasteiger partial charge in [0.2, 0.25) is 5.88 Å². The van der Waals surface area contributed by atoms with Crippen molar-refractivity contribution in [2.75, 3.05) is 0 Å². The number of carboxylic acid groups (broad SMARTS) is 1. The van der Waals surface area contributed by atoms with Crippen LogP contribution in [0.3, 0.4) is 0 Å². The van der Waals surface area contributed by atoms with Crippen molar-refractivity contribution in [2.24, 2.45) is 0 Å². The molecule has 150 valence electrons. The number of hydrogen-bond acceptors (Lipinski definition) is 7. The monoisotopic (exact) mass is 399 g/mol. The number of carbonyl (C=O) groups excluding carboxylic acids is 1. The summed E-state index contributed by atoms with van der Waals surface area (Å²) in [6.07, 6.45) is 0.218. The summed E-state index contributed by atoms with van der Waals surface area (Å²) >= 11 is 0. The van der Waals surface area contributed by atoms with Gasteiger partial charge in [-0.3, -0.25) is 10.1 Å². The Morgan fingerprint density at radius 1 is 1.17 bits per heavy atom. The van der Waals surface area contributed by atoms with Crippen LogP contribution < -0.4 is 4.74 Å².